The van der Waals surface area contributed by atoms with E-state index in [1.54, 1.807) is 0 Å². The van der Waals surface area contributed by atoms with E-state index in [2.05, 4.69) is 251 Å². The predicted octanol–water partition coefficient (Wildman–Crippen LogP) is 15.2. The molecule has 11 aromatic rings. The van der Waals surface area contributed by atoms with Crippen LogP contribution in [-0.4, -0.2) is 15.8 Å². The molecule has 14 rings (SSSR count). The van der Waals surface area contributed by atoms with Crippen LogP contribution in [0.1, 0.15) is 77.6 Å². The summed E-state index contributed by atoms with van der Waals surface area (Å²) in [7, 11) is 0. The van der Waals surface area contributed by atoms with Crippen LogP contribution in [0.15, 0.2) is 182 Å². The van der Waals surface area contributed by atoms with Gasteiger partial charge in [-0.1, -0.05) is 183 Å². The zero-order valence-corrected chi connectivity index (χ0v) is 41.1. The van der Waals surface area contributed by atoms with Gasteiger partial charge in [-0.2, -0.15) is 0 Å². The molecular weight excluding hydrogens is 850 g/mol. The molecule has 0 spiro atoms. The molecule has 9 aromatic carbocycles. The molecular formula is C65H54BN3O. The number of rotatable bonds is 3. The third-order valence-electron chi connectivity index (χ3n) is 16.0. The van der Waals surface area contributed by atoms with E-state index in [-0.39, 0.29) is 23.0 Å². The van der Waals surface area contributed by atoms with Crippen molar-refractivity contribution in [2.24, 2.45) is 0 Å². The van der Waals surface area contributed by atoms with Crippen LogP contribution >= 0.6 is 0 Å². The van der Waals surface area contributed by atoms with Gasteiger partial charge in [0.15, 0.2) is 0 Å². The summed E-state index contributed by atoms with van der Waals surface area (Å²) in [5, 5.41) is 4.96. The summed E-state index contributed by atoms with van der Waals surface area (Å²) in [6.07, 6.45) is 0. The fourth-order valence-corrected chi connectivity index (χ4v) is 12.7. The smallest absolute Gasteiger partial charge is 0.256 e. The highest BCUT2D eigenvalue weighted by molar-refractivity contribution is 6.99. The number of hydrogen-bond donors (Lipinski definition) is 0. The number of nitrogens with zero attached hydrogens (tertiary/aromatic N) is 3. The van der Waals surface area contributed by atoms with Gasteiger partial charge >= 0.3 is 0 Å². The Morgan fingerprint density at radius 1 is 0.443 bits per heavy atom. The Bertz CT molecular complexity index is 3930. The van der Waals surface area contributed by atoms with Gasteiger partial charge in [-0.15, -0.1) is 0 Å². The number of para-hydroxylation sites is 4. The molecule has 0 radical (unpaired) electrons. The van der Waals surface area contributed by atoms with Crippen LogP contribution in [0.2, 0.25) is 0 Å². The van der Waals surface area contributed by atoms with Gasteiger partial charge in [0, 0.05) is 44.4 Å². The maximum Gasteiger partial charge on any atom is 0.256 e. The van der Waals surface area contributed by atoms with Gasteiger partial charge in [0.05, 0.1) is 39.1 Å². The summed E-state index contributed by atoms with van der Waals surface area (Å²) < 4.78 is 12.4. The van der Waals surface area contributed by atoms with E-state index in [1.165, 1.54) is 105 Å². The molecule has 0 bridgehead atoms. The maximum atomic E-state index is 7.37. The minimum Gasteiger partial charge on any atom is -0.458 e. The lowest BCUT2D eigenvalue weighted by molar-refractivity contribution is 0.486. The molecule has 4 nitrogen and oxygen atoms in total. The summed E-state index contributed by atoms with van der Waals surface area (Å²) in [5.74, 6) is 1.79. The first kappa shape index (κ1) is 41.2. The molecule has 0 amide bonds. The monoisotopic (exact) mass is 903 g/mol. The third kappa shape index (κ3) is 5.60. The normalized spacial score (nSPS) is 14.5. The topological polar surface area (TPSA) is 22.3 Å². The third-order valence-corrected chi connectivity index (χ3v) is 16.0. The highest BCUT2D eigenvalue weighted by atomic mass is 16.5. The second-order valence-electron chi connectivity index (χ2n) is 22.5. The summed E-state index contributed by atoms with van der Waals surface area (Å²) in [6, 6.07) is 68.6. The average molecular weight is 904 g/mol. The molecule has 1 aliphatic carbocycles. The molecule has 0 fully saturated rings. The van der Waals surface area contributed by atoms with Crippen molar-refractivity contribution in [3.8, 4) is 34.0 Å². The van der Waals surface area contributed by atoms with Gasteiger partial charge < -0.3 is 18.8 Å². The van der Waals surface area contributed by atoms with E-state index in [0.29, 0.717) is 0 Å². The summed E-state index contributed by atoms with van der Waals surface area (Å²) in [6.45, 7) is 18.6. The summed E-state index contributed by atoms with van der Waals surface area (Å²) in [5.41, 5.74) is 21.6. The zero-order chi connectivity index (χ0) is 47.6. The Hall–Kier alpha value is -7.76. The molecule has 3 aliphatic rings. The Labute approximate surface area is 410 Å². The quantitative estimate of drug-likeness (QED) is 0.165. The van der Waals surface area contributed by atoms with Crippen molar-refractivity contribution in [1.29, 1.82) is 0 Å². The standard InChI is InChI=1S/C65H54BN3O/c1-63(2,3)39-29-32-41(33-30-39)68-56-36-42(67-52-25-15-10-20-44(52)45-21-11-16-26-53(45)67)37-58-60(56)66(50-35-40(64(4,5)6)31-34-57(50)70-58)51-38-48-43-19-9-14-24-49(43)65(7,8)59(48)62(61(51)68)69-54-27-17-12-22-46(54)47-23-13-18-28-55(47)69/h9-38H,1-8H3. The van der Waals surface area contributed by atoms with Crippen LogP contribution in [-0.2, 0) is 16.2 Å². The van der Waals surface area contributed by atoms with Gasteiger partial charge in [-0.25, -0.2) is 0 Å². The molecule has 4 heterocycles. The number of hydrogen-bond acceptors (Lipinski definition) is 2. The molecule has 338 valence electrons. The SMILES string of the molecule is CC(C)(C)c1ccc(N2c3cc(-n4c5ccccc5c5ccccc54)cc4c3B(c3cc(C(C)(C)C)ccc3O4)c3cc4c(c(-n5c6ccccc6c6ccccc65)c32)C(C)(C)c2ccccc2-4)cc1. The van der Waals surface area contributed by atoms with Crippen LogP contribution in [0.5, 0.6) is 11.5 Å². The second-order valence-corrected chi connectivity index (χ2v) is 22.5. The van der Waals surface area contributed by atoms with E-state index < -0.39 is 0 Å². The first-order valence-corrected chi connectivity index (χ1v) is 25.0. The van der Waals surface area contributed by atoms with Crippen molar-refractivity contribution < 1.29 is 4.74 Å². The fraction of sp³-hybridized carbons (Fsp3) is 0.169. The number of ether oxygens (including phenoxy) is 1. The van der Waals surface area contributed by atoms with Crippen LogP contribution in [0.25, 0.3) is 66.1 Å². The first-order valence-electron chi connectivity index (χ1n) is 25.0. The van der Waals surface area contributed by atoms with Gasteiger partial charge in [-0.05, 0) is 109 Å². The average Bonchev–Trinajstić information content (AvgIpc) is 3.95. The predicted molar refractivity (Wildman–Crippen MR) is 296 cm³/mol. The Morgan fingerprint density at radius 2 is 0.971 bits per heavy atom. The number of fused-ring (bicyclic) bond motifs is 13. The van der Waals surface area contributed by atoms with Crippen molar-refractivity contribution in [3.05, 3.63) is 204 Å². The minimum absolute atomic E-state index is 0.0217. The van der Waals surface area contributed by atoms with Crippen molar-refractivity contribution in [1.82, 2.24) is 9.13 Å². The van der Waals surface area contributed by atoms with Crippen LogP contribution in [0.3, 0.4) is 0 Å². The molecule has 70 heavy (non-hydrogen) atoms. The molecule has 0 saturated carbocycles. The van der Waals surface area contributed by atoms with E-state index in [0.717, 1.165) is 28.6 Å². The van der Waals surface area contributed by atoms with E-state index in [1.807, 2.05) is 0 Å². The summed E-state index contributed by atoms with van der Waals surface area (Å²) in [4.78, 5) is 2.62. The van der Waals surface area contributed by atoms with E-state index in [4.69, 9.17) is 4.74 Å². The molecule has 0 unspecified atom stereocenters. The number of anilines is 3. The second kappa shape index (κ2) is 14.2. The van der Waals surface area contributed by atoms with E-state index >= 15 is 0 Å². The largest absolute Gasteiger partial charge is 0.458 e. The van der Waals surface area contributed by atoms with Crippen molar-refractivity contribution >= 4 is 83.8 Å². The lowest BCUT2D eigenvalue weighted by Crippen LogP contribution is -2.60. The van der Waals surface area contributed by atoms with Crippen molar-refractivity contribution in [3.63, 3.8) is 0 Å². The highest BCUT2D eigenvalue weighted by Crippen LogP contribution is 2.56. The Balaban J connectivity index is 1.20. The first-order chi connectivity index (χ1) is 33.8. The highest BCUT2D eigenvalue weighted by Gasteiger charge is 2.48. The molecule has 0 atom stereocenters. The fourth-order valence-electron chi connectivity index (χ4n) is 12.7. The molecule has 0 N–H and O–H groups in total. The lowest BCUT2D eigenvalue weighted by atomic mass is 9.33. The lowest BCUT2D eigenvalue weighted by Gasteiger charge is -2.43. The van der Waals surface area contributed by atoms with Crippen molar-refractivity contribution in [2.75, 3.05) is 4.90 Å². The molecule has 2 aromatic heterocycles. The van der Waals surface area contributed by atoms with Crippen molar-refractivity contribution in [2.45, 2.75) is 71.6 Å². The van der Waals surface area contributed by atoms with Crippen LogP contribution < -0.4 is 26.0 Å². The van der Waals surface area contributed by atoms with Gasteiger partial charge in [0.1, 0.15) is 11.5 Å². The number of aromatic nitrogens is 2. The van der Waals surface area contributed by atoms with Gasteiger partial charge in [0.2, 0.25) is 0 Å². The maximum absolute atomic E-state index is 7.37. The van der Waals surface area contributed by atoms with Crippen LogP contribution in [0.4, 0.5) is 17.1 Å². The number of benzene rings is 9. The Morgan fingerprint density at radius 3 is 1.56 bits per heavy atom. The summed E-state index contributed by atoms with van der Waals surface area (Å²) >= 11 is 0. The Kier molecular flexibility index (Phi) is 8.35. The van der Waals surface area contributed by atoms with Crippen LogP contribution in [0, 0.1) is 0 Å². The zero-order valence-electron chi connectivity index (χ0n) is 41.1. The van der Waals surface area contributed by atoms with Gasteiger partial charge in [-0.3, -0.25) is 0 Å². The van der Waals surface area contributed by atoms with Gasteiger partial charge in [0.25, 0.3) is 6.71 Å². The minimum atomic E-state index is -0.340. The molecule has 2 aliphatic heterocycles. The molecule has 5 heteroatoms. The van der Waals surface area contributed by atoms with E-state index in [9.17, 15) is 0 Å². The molecule has 0 saturated heterocycles.